The molecule has 2 atom stereocenters. The van der Waals surface area contributed by atoms with Gasteiger partial charge in [0.25, 0.3) is 0 Å². The predicted octanol–water partition coefficient (Wildman–Crippen LogP) is 1.99. The van der Waals surface area contributed by atoms with Crippen molar-refractivity contribution in [3.05, 3.63) is 35.9 Å². The van der Waals surface area contributed by atoms with Crippen molar-refractivity contribution in [2.45, 2.75) is 19.0 Å². The Morgan fingerprint density at radius 3 is 2.81 bits per heavy atom. The smallest absolute Gasteiger partial charge is 0.102 e. The summed E-state index contributed by atoms with van der Waals surface area (Å²) in [7, 11) is 0. The van der Waals surface area contributed by atoms with Crippen LogP contribution in [0, 0.1) is 0 Å². The largest absolute Gasteiger partial charge is 0.307 e. The minimum absolute atomic E-state index is 0.258. The zero-order valence-electron chi connectivity index (χ0n) is 9.70. The number of piperazine rings is 1. The van der Waals surface area contributed by atoms with Gasteiger partial charge in [-0.2, -0.15) is 0 Å². The molecule has 88 valence electrons. The van der Waals surface area contributed by atoms with Crippen LogP contribution in [0.15, 0.2) is 30.3 Å². The Morgan fingerprint density at radius 2 is 2.12 bits per heavy atom. The van der Waals surface area contributed by atoms with Crippen LogP contribution in [0.3, 0.4) is 0 Å². The summed E-state index contributed by atoms with van der Waals surface area (Å²) in [5.41, 5.74) is 1.29. The Hall–Kier alpha value is -0.930. The highest BCUT2D eigenvalue weighted by Gasteiger charge is 2.25. The summed E-state index contributed by atoms with van der Waals surface area (Å²) in [6.07, 6.45) is 0. The number of hydrogen-bond donors (Lipinski definition) is 1. The molecule has 2 rings (SSSR count). The van der Waals surface area contributed by atoms with E-state index >= 15 is 0 Å². The molecule has 3 heteroatoms. The lowest BCUT2D eigenvalue weighted by Gasteiger charge is -2.38. The highest BCUT2D eigenvalue weighted by molar-refractivity contribution is 5.20. The number of benzene rings is 1. The second-order valence-corrected chi connectivity index (χ2v) is 4.40. The van der Waals surface area contributed by atoms with Gasteiger partial charge in [0.15, 0.2) is 0 Å². The Bertz CT molecular complexity index is 315. The van der Waals surface area contributed by atoms with Gasteiger partial charge in [0.1, 0.15) is 6.67 Å². The first-order chi connectivity index (χ1) is 7.81. The van der Waals surface area contributed by atoms with Crippen molar-refractivity contribution < 1.29 is 4.39 Å². The molecule has 1 aromatic carbocycles. The van der Waals surface area contributed by atoms with Crippen LogP contribution in [-0.2, 0) is 0 Å². The van der Waals surface area contributed by atoms with Crippen LogP contribution in [-0.4, -0.2) is 37.3 Å². The molecular weight excluding hydrogens is 203 g/mol. The second-order valence-electron chi connectivity index (χ2n) is 4.40. The molecule has 1 heterocycles. The van der Waals surface area contributed by atoms with Gasteiger partial charge >= 0.3 is 0 Å². The molecule has 1 aromatic rings. The zero-order valence-corrected chi connectivity index (χ0v) is 9.70. The number of alkyl halides is 1. The SMILES string of the molecule is CC1CNC(c2ccccc2)CN1CCF. The number of nitrogens with zero attached hydrogens (tertiary/aromatic N) is 1. The van der Waals surface area contributed by atoms with Gasteiger partial charge in [0, 0.05) is 31.7 Å². The molecule has 16 heavy (non-hydrogen) atoms. The average Bonchev–Trinajstić information content (AvgIpc) is 2.33. The van der Waals surface area contributed by atoms with E-state index < -0.39 is 0 Å². The molecule has 0 saturated carbocycles. The van der Waals surface area contributed by atoms with Crippen molar-refractivity contribution in [1.82, 2.24) is 10.2 Å². The third-order valence-electron chi connectivity index (χ3n) is 3.27. The summed E-state index contributed by atoms with van der Waals surface area (Å²) in [5.74, 6) is 0. The van der Waals surface area contributed by atoms with Gasteiger partial charge in [-0.3, -0.25) is 4.90 Å². The van der Waals surface area contributed by atoms with Crippen molar-refractivity contribution in [2.24, 2.45) is 0 Å². The van der Waals surface area contributed by atoms with Crippen LogP contribution in [0.5, 0.6) is 0 Å². The summed E-state index contributed by atoms with van der Waals surface area (Å²) in [6, 6.07) is 11.1. The summed E-state index contributed by atoms with van der Waals surface area (Å²) < 4.78 is 12.4. The van der Waals surface area contributed by atoms with E-state index in [0.29, 0.717) is 18.6 Å². The molecule has 1 N–H and O–H groups in total. The lowest BCUT2D eigenvalue weighted by molar-refractivity contribution is 0.131. The maximum atomic E-state index is 12.4. The van der Waals surface area contributed by atoms with Gasteiger partial charge in [-0.15, -0.1) is 0 Å². The first-order valence-electron chi connectivity index (χ1n) is 5.89. The highest BCUT2D eigenvalue weighted by Crippen LogP contribution is 2.19. The minimum atomic E-state index is -0.258. The molecule has 1 aliphatic heterocycles. The van der Waals surface area contributed by atoms with Crippen molar-refractivity contribution in [3.63, 3.8) is 0 Å². The van der Waals surface area contributed by atoms with E-state index in [2.05, 4.69) is 41.4 Å². The zero-order chi connectivity index (χ0) is 11.4. The molecule has 1 fully saturated rings. The van der Waals surface area contributed by atoms with E-state index in [4.69, 9.17) is 0 Å². The van der Waals surface area contributed by atoms with Gasteiger partial charge in [0.2, 0.25) is 0 Å². The fourth-order valence-electron chi connectivity index (χ4n) is 2.25. The summed E-state index contributed by atoms with van der Waals surface area (Å²) in [6.45, 7) is 4.26. The van der Waals surface area contributed by atoms with Crippen LogP contribution < -0.4 is 5.32 Å². The third-order valence-corrected chi connectivity index (χ3v) is 3.27. The van der Waals surface area contributed by atoms with Gasteiger partial charge in [0.05, 0.1) is 0 Å². The van der Waals surface area contributed by atoms with Crippen molar-refractivity contribution in [2.75, 3.05) is 26.3 Å². The first-order valence-corrected chi connectivity index (χ1v) is 5.89. The fourth-order valence-corrected chi connectivity index (χ4v) is 2.25. The van der Waals surface area contributed by atoms with E-state index in [1.807, 2.05) is 6.07 Å². The van der Waals surface area contributed by atoms with Crippen molar-refractivity contribution in [3.8, 4) is 0 Å². The van der Waals surface area contributed by atoms with Gasteiger partial charge in [-0.25, -0.2) is 4.39 Å². The monoisotopic (exact) mass is 222 g/mol. The molecule has 2 nitrogen and oxygen atoms in total. The summed E-state index contributed by atoms with van der Waals surface area (Å²) >= 11 is 0. The standard InChI is InChI=1S/C13H19FN2/c1-11-9-15-13(10-16(11)8-7-14)12-5-3-2-4-6-12/h2-6,11,13,15H,7-10H2,1H3. The lowest BCUT2D eigenvalue weighted by Crippen LogP contribution is -2.51. The quantitative estimate of drug-likeness (QED) is 0.841. The van der Waals surface area contributed by atoms with E-state index in [1.54, 1.807) is 0 Å². The molecular formula is C13H19FN2. The maximum Gasteiger partial charge on any atom is 0.102 e. The predicted molar refractivity (Wildman–Crippen MR) is 64.2 cm³/mol. The number of nitrogens with one attached hydrogen (secondary N) is 1. The van der Waals surface area contributed by atoms with Crippen LogP contribution in [0.1, 0.15) is 18.5 Å². The van der Waals surface area contributed by atoms with E-state index in [0.717, 1.165) is 13.1 Å². The average molecular weight is 222 g/mol. The Balaban J connectivity index is 2.03. The second kappa shape index (κ2) is 5.41. The van der Waals surface area contributed by atoms with Crippen LogP contribution in [0.2, 0.25) is 0 Å². The molecule has 0 aliphatic carbocycles. The normalized spacial score (nSPS) is 26.9. The maximum absolute atomic E-state index is 12.4. The van der Waals surface area contributed by atoms with Crippen LogP contribution in [0.25, 0.3) is 0 Å². The molecule has 0 spiro atoms. The molecule has 1 saturated heterocycles. The fraction of sp³-hybridized carbons (Fsp3) is 0.538. The number of halogens is 1. The van der Waals surface area contributed by atoms with Crippen LogP contribution >= 0.6 is 0 Å². The van der Waals surface area contributed by atoms with Crippen molar-refractivity contribution >= 4 is 0 Å². The number of hydrogen-bond acceptors (Lipinski definition) is 2. The van der Waals surface area contributed by atoms with E-state index in [-0.39, 0.29) is 6.67 Å². The van der Waals surface area contributed by atoms with Crippen molar-refractivity contribution in [1.29, 1.82) is 0 Å². The molecule has 1 aliphatic rings. The van der Waals surface area contributed by atoms with Gasteiger partial charge in [-0.1, -0.05) is 30.3 Å². The van der Waals surface area contributed by atoms with Gasteiger partial charge in [-0.05, 0) is 12.5 Å². The molecule has 0 bridgehead atoms. The van der Waals surface area contributed by atoms with Crippen LogP contribution in [0.4, 0.5) is 4.39 Å². The number of rotatable bonds is 3. The van der Waals surface area contributed by atoms with Gasteiger partial charge < -0.3 is 5.32 Å². The Kier molecular flexibility index (Phi) is 3.91. The molecule has 2 unspecified atom stereocenters. The van der Waals surface area contributed by atoms with E-state index in [9.17, 15) is 4.39 Å². The molecule has 0 radical (unpaired) electrons. The first kappa shape index (κ1) is 11.6. The highest BCUT2D eigenvalue weighted by atomic mass is 19.1. The van der Waals surface area contributed by atoms with E-state index in [1.165, 1.54) is 5.56 Å². The minimum Gasteiger partial charge on any atom is -0.307 e. The Morgan fingerprint density at radius 1 is 1.38 bits per heavy atom. The molecule has 0 aromatic heterocycles. The summed E-state index contributed by atoms with van der Waals surface area (Å²) in [4.78, 5) is 2.22. The third kappa shape index (κ3) is 2.60. The molecule has 0 amide bonds. The Labute approximate surface area is 96.5 Å². The summed E-state index contributed by atoms with van der Waals surface area (Å²) in [5, 5.41) is 3.51. The lowest BCUT2D eigenvalue weighted by atomic mass is 10.0. The topological polar surface area (TPSA) is 15.3 Å².